The Hall–Kier alpha value is -3.62. The van der Waals surface area contributed by atoms with Crippen LogP contribution in [0.15, 0.2) is 42.5 Å². The zero-order chi connectivity index (χ0) is 25.8. The Morgan fingerprint density at radius 1 is 1.14 bits per heavy atom. The van der Waals surface area contributed by atoms with Gasteiger partial charge in [0.1, 0.15) is 18.5 Å². The monoisotopic (exact) mass is 496 g/mol. The third-order valence-corrected chi connectivity index (χ3v) is 6.33. The molecule has 0 spiro atoms. The number of nitrogens with zero attached hydrogens (tertiary/aromatic N) is 1. The second kappa shape index (κ2) is 14.1. The molecule has 0 saturated carbocycles. The fraction of sp³-hybridized carbons (Fsp3) is 0.481. The van der Waals surface area contributed by atoms with Crippen LogP contribution in [0.4, 0.5) is 10.6 Å². The first-order valence-electron chi connectivity index (χ1n) is 12.7. The second-order valence-electron chi connectivity index (χ2n) is 9.03. The molecule has 1 unspecified atom stereocenters. The molecule has 1 aromatic heterocycles. The van der Waals surface area contributed by atoms with Gasteiger partial charge in [-0.1, -0.05) is 49.7 Å². The highest BCUT2D eigenvalue weighted by Crippen LogP contribution is 2.21. The Bertz CT molecular complexity index is 1010. The standard InChI is InChI=1S/C27H36N4O5/c1-2-20(11-6-7-13-22-15-14-21-12-8-16-28-24(21)30-22)25(32)29-17-23(26(33)34)31-27(35)36-18-19-9-4-3-5-10-19/h3-5,9-10,14-15,20,23H,2,6-8,11-13,16-18H2,1H3,(H,28,30)(H,29,32)(H,31,35)(H,33,34)/t20?,23-/m0/s1. The number of carbonyl (C=O) groups is 3. The number of carboxylic acids is 1. The molecule has 0 saturated heterocycles. The van der Waals surface area contributed by atoms with Crippen LogP contribution < -0.4 is 16.0 Å². The number of carbonyl (C=O) groups excluding carboxylic acids is 2. The molecule has 3 rings (SSSR count). The molecule has 194 valence electrons. The predicted octanol–water partition coefficient (Wildman–Crippen LogP) is 3.67. The largest absolute Gasteiger partial charge is 0.480 e. The number of hydrogen-bond acceptors (Lipinski definition) is 6. The second-order valence-corrected chi connectivity index (χ2v) is 9.03. The van der Waals surface area contributed by atoms with Gasteiger partial charge in [0.25, 0.3) is 0 Å². The van der Waals surface area contributed by atoms with Gasteiger partial charge in [-0.25, -0.2) is 14.6 Å². The Morgan fingerprint density at radius 3 is 2.69 bits per heavy atom. The van der Waals surface area contributed by atoms with E-state index in [0.29, 0.717) is 12.8 Å². The van der Waals surface area contributed by atoms with Crippen LogP contribution in [-0.2, 0) is 33.8 Å². The van der Waals surface area contributed by atoms with Gasteiger partial charge in [0.05, 0.1) is 0 Å². The number of anilines is 1. The molecule has 1 aliphatic heterocycles. The quantitative estimate of drug-likeness (QED) is 0.311. The number of benzene rings is 1. The topological polar surface area (TPSA) is 130 Å². The van der Waals surface area contributed by atoms with Gasteiger partial charge in [0.15, 0.2) is 0 Å². The lowest BCUT2D eigenvalue weighted by Gasteiger charge is -2.19. The molecule has 1 aromatic carbocycles. The average Bonchev–Trinajstić information content (AvgIpc) is 2.90. The molecular formula is C27H36N4O5. The summed E-state index contributed by atoms with van der Waals surface area (Å²) in [5, 5.41) is 17.8. The highest BCUT2D eigenvalue weighted by Gasteiger charge is 2.23. The lowest BCUT2D eigenvalue weighted by Crippen LogP contribution is -2.49. The van der Waals surface area contributed by atoms with Crippen molar-refractivity contribution >= 4 is 23.8 Å². The number of aliphatic carboxylic acids is 1. The van der Waals surface area contributed by atoms with Crippen molar-refractivity contribution in [2.45, 2.75) is 64.5 Å². The molecule has 0 aliphatic carbocycles. The molecule has 2 aromatic rings. The number of pyridine rings is 1. The van der Waals surface area contributed by atoms with Crippen molar-refractivity contribution in [3.63, 3.8) is 0 Å². The van der Waals surface area contributed by atoms with E-state index in [9.17, 15) is 19.5 Å². The zero-order valence-electron chi connectivity index (χ0n) is 20.8. The van der Waals surface area contributed by atoms with Gasteiger partial charge in [0, 0.05) is 24.7 Å². The lowest BCUT2D eigenvalue weighted by atomic mass is 9.97. The van der Waals surface area contributed by atoms with E-state index < -0.39 is 18.1 Å². The van der Waals surface area contributed by atoms with E-state index in [1.807, 2.05) is 25.1 Å². The van der Waals surface area contributed by atoms with E-state index >= 15 is 0 Å². The van der Waals surface area contributed by atoms with Crippen molar-refractivity contribution in [3.8, 4) is 0 Å². The number of unbranched alkanes of at least 4 members (excludes halogenated alkanes) is 1. The van der Waals surface area contributed by atoms with Crippen molar-refractivity contribution in [1.29, 1.82) is 0 Å². The van der Waals surface area contributed by atoms with Gasteiger partial charge in [-0.15, -0.1) is 0 Å². The van der Waals surface area contributed by atoms with Gasteiger partial charge < -0.3 is 25.8 Å². The normalized spacial score (nSPS) is 14.0. The minimum atomic E-state index is -1.28. The van der Waals surface area contributed by atoms with Crippen LogP contribution in [-0.4, -0.2) is 47.2 Å². The summed E-state index contributed by atoms with van der Waals surface area (Å²) in [5.74, 6) is -0.677. The number of alkyl carbamates (subject to hydrolysis) is 1. The fourth-order valence-electron chi connectivity index (χ4n) is 4.18. The van der Waals surface area contributed by atoms with Crippen LogP contribution in [0.1, 0.15) is 55.8 Å². The van der Waals surface area contributed by atoms with E-state index in [4.69, 9.17) is 9.72 Å². The van der Waals surface area contributed by atoms with E-state index in [1.165, 1.54) is 5.56 Å². The first-order valence-corrected chi connectivity index (χ1v) is 12.7. The molecule has 2 heterocycles. The average molecular weight is 497 g/mol. The van der Waals surface area contributed by atoms with Crippen LogP contribution in [0.5, 0.6) is 0 Å². The number of rotatable bonds is 13. The maximum Gasteiger partial charge on any atom is 0.408 e. The minimum Gasteiger partial charge on any atom is -0.480 e. The van der Waals surface area contributed by atoms with Crippen LogP contribution >= 0.6 is 0 Å². The Kier molecular flexibility index (Phi) is 10.5. The summed E-state index contributed by atoms with van der Waals surface area (Å²) in [6.45, 7) is 2.72. The van der Waals surface area contributed by atoms with Crippen molar-refractivity contribution in [2.24, 2.45) is 5.92 Å². The number of ether oxygens (including phenoxy) is 1. The van der Waals surface area contributed by atoms with Gasteiger partial charge in [-0.2, -0.15) is 0 Å². The van der Waals surface area contributed by atoms with Crippen LogP contribution in [0, 0.1) is 5.92 Å². The molecule has 2 atom stereocenters. The lowest BCUT2D eigenvalue weighted by molar-refractivity contribution is -0.139. The molecule has 1 aliphatic rings. The molecule has 4 N–H and O–H groups in total. The Labute approximate surface area is 212 Å². The number of aromatic nitrogens is 1. The first-order chi connectivity index (χ1) is 17.5. The van der Waals surface area contributed by atoms with Crippen molar-refractivity contribution in [1.82, 2.24) is 15.6 Å². The van der Waals surface area contributed by atoms with Crippen LogP contribution in [0.25, 0.3) is 0 Å². The number of fused-ring (bicyclic) bond motifs is 1. The highest BCUT2D eigenvalue weighted by molar-refractivity contribution is 5.82. The third kappa shape index (κ3) is 8.55. The van der Waals surface area contributed by atoms with E-state index in [-0.39, 0.29) is 25.0 Å². The summed E-state index contributed by atoms with van der Waals surface area (Å²) in [6, 6.07) is 12.0. The molecule has 2 amide bonds. The number of hydrogen-bond donors (Lipinski definition) is 4. The number of amides is 2. The van der Waals surface area contributed by atoms with Gasteiger partial charge in [0.2, 0.25) is 5.91 Å². The maximum absolute atomic E-state index is 12.7. The van der Waals surface area contributed by atoms with Crippen molar-refractivity contribution < 1.29 is 24.2 Å². The SMILES string of the molecule is CCC(CCCCc1ccc2c(n1)NCCC2)C(=O)NC[C@H](NC(=O)OCc1ccccc1)C(=O)O. The summed E-state index contributed by atoms with van der Waals surface area (Å²) in [7, 11) is 0. The molecule has 9 nitrogen and oxygen atoms in total. The van der Waals surface area contributed by atoms with Gasteiger partial charge in [-0.3, -0.25) is 4.79 Å². The molecule has 0 bridgehead atoms. The Morgan fingerprint density at radius 2 is 1.94 bits per heavy atom. The summed E-state index contributed by atoms with van der Waals surface area (Å²) in [6.07, 6.45) is 5.34. The number of aryl methyl sites for hydroxylation is 2. The summed E-state index contributed by atoms with van der Waals surface area (Å²) < 4.78 is 5.08. The smallest absolute Gasteiger partial charge is 0.408 e. The van der Waals surface area contributed by atoms with Gasteiger partial charge in [-0.05, 0) is 55.7 Å². The molecule has 0 radical (unpaired) electrons. The number of nitrogens with one attached hydrogen (secondary N) is 3. The third-order valence-electron chi connectivity index (χ3n) is 6.33. The maximum atomic E-state index is 12.7. The highest BCUT2D eigenvalue weighted by atomic mass is 16.5. The van der Waals surface area contributed by atoms with E-state index in [1.54, 1.807) is 12.1 Å². The van der Waals surface area contributed by atoms with Crippen molar-refractivity contribution in [3.05, 3.63) is 59.3 Å². The summed E-state index contributed by atoms with van der Waals surface area (Å²) >= 11 is 0. The molecular weight excluding hydrogens is 460 g/mol. The van der Waals surface area contributed by atoms with Gasteiger partial charge >= 0.3 is 12.1 Å². The summed E-state index contributed by atoms with van der Waals surface area (Å²) in [4.78, 5) is 41.0. The molecule has 0 fully saturated rings. The van der Waals surface area contributed by atoms with E-state index in [2.05, 4.69) is 28.1 Å². The minimum absolute atomic E-state index is 0.0285. The first kappa shape index (κ1) is 27.0. The fourth-order valence-corrected chi connectivity index (χ4v) is 4.18. The number of carboxylic acid groups (broad SMARTS) is 1. The van der Waals surface area contributed by atoms with Crippen LogP contribution in [0.3, 0.4) is 0 Å². The predicted molar refractivity (Wildman–Crippen MR) is 137 cm³/mol. The Balaban J connectivity index is 1.38. The van der Waals surface area contributed by atoms with Crippen molar-refractivity contribution in [2.75, 3.05) is 18.4 Å². The van der Waals surface area contributed by atoms with Crippen LogP contribution in [0.2, 0.25) is 0 Å². The molecule has 9 heteroatoms. The van der Waals surface area contributed by atoms with E-state index in [0.717, 1.165) is 55.7 Å². The summed E-state index contributed by atoms with van der Waals surface area (Å²) in [5.41, 5.74) is 3.11. The zero-order valence-corrected chi connectivity index (χ0v) is 20.8. The molecule has 36 heavy (non-hydrogen) atoms.